The number of esters is 2. The van der Waals surface area contributed by atoms with E-state index in [1.54, 1.807) is 0 Å². The molecule has 1 aliphatic heterocycles. The molecule has 0 spiro atoms. The zero-order valence-corrected chi connectivity index (χ0v) is 20.4. The lowest BCUT2D eigenvalue weighted by Crippen LogP contribution is -2.57. The summed E-state index contributed by atoms with van der Waals surface area (Å²) in [6.45, 7) is 0. The summed E-state index contributed by atoms with van der Waals surface area (Å²) in [6.07, 6.45) is -4.98. The van der Waals surface area contributed by atoms with Crippen molar-refractivity contribution in [1.82, 2.24) is 0 Å². The van der Waals surface area contributed by atoms with Gasteiger partial charge in [-0.2, -0.15) is 0 Å². The highest BCUT2D eigenvalue weighted by atomic mass is 16.6. The average molecular weight is 546 g/mol. The molecule has 39 heavy (non-hydrogen) atoms. The summed E-state index contributed by atoms with van der Waals surface area (Å²) in [5.41, 5.74) is -1.65. The normalized spacial score (nSPS) is 27.9. The molecule has 0 saturated heterocycles. The number of aliphatic hydroxyl groups excluding tert-OH is 2. The fraction of sp³-hybridized carbons (Fsp3) is 0.346. The van der Waals surface area contributed by atoms with E-state index in [1.165, 1.54) is 36.4 Å². The van der Waals surface area contributed by atoms with Gasteiger partial charge in [-0.15, -0.1) is 0 Å². The van der Waals surface area contributed by atoms with Crippen LogP contribution in [0.4, 0.5) is 0 Å². The predicted octanol–water partition coefficient (Wildman–Crippen LogP) is 0.450. The molecule has 0 aromatic heterocycles. The second-order valence-electron chi connectivity index (χ2n) is 9.36. The summed E-state index contributed by atoms with van der Waals surface area (Å²) in [4.78, 5) is 36.5. The molecule has 1 aliphatic carbocycles. The molecule has 2 aromatic carbocycles. The summed E-state index contributed by atoms with van der Waals surface area (Å²) < 4.78 is 15.8. The number of rotatable bonds is 6. The lowest BCUT2D eigenvalue weighted by molar-refractivity contribution is -0.196. The third kappa shape index (κ3) is 5.32. The molecule has 6 atom stereocenters. The van der Waals surface area contributed by atoms with Gasteiger partial charge in [-0.25, -0.2) is 9.59 Å². The van der Waals surface area contributed by atoms with Crippen molar-refractivity contribution in [3.05, 3.63) is 53.1 Å². The lowest BCUT2D eigenvalue weighted by Gasteiger charge is -2.39. The quantitative estimate of drug-likeness (QED) is 0.149. The van der Waals surface area contributed by atoms with Gasteiger partial charge in [-0.3, -0.25) is 4.79 Å². The van der Waals surface area contributed by atoms with Gasteiger partial charge >= 0.3 is 17.9 Å². The van der Waals surface area contributed by atoms with Gasteiger partial charge in [0.05, 0.1) is 13.2 Å². The van der Waals surface area contributed by atoms with Crippen LogP contribution >= 0.6 is 0 Å². The van der Waals surface area contributed by atoms with Gasteiger partial charge in [-0.1, -0.05) is 6.07 Å². The summed E-state index contributed by atoms with van der Waals surface area (Å²) in [6, 6.07) is 6.53. The molecule has 0 radical (unpaired) electrons. The first-order valence-corrected chi connectivity index (χ1v) is 11.7. The Balaban J connectivity index is 1.57. The maximum absolute atomic E-state index is 12.7. The number of benzene rings is 2. The molecule has 13 nitrogen and oxygen atoms in total. The second kappa shape index (κ2) is 10.4. The predicted molar refractivity (Wildman–Crippen MR) is 129 cm³/mol. The maximum Gasteiger partial charge on any atom is 0.335 e. The molecule has 4 rings (SSSR count). The second-order valence-corrected chi connectivity index (χ2v) is 9.36. The molecular weight excluding hydrogens is 520 g/mol. The molecule has 2 aliphatic rings. The minimum atomic E-state index is -2.40. The maximum atomic E-state index is 12.7. The van der Waals surface area contributed by atoms with Crippen LogP contribution in [-0.4, -0.2) is 84.7 Å². The highest BCUT2D eigenvalue weighted by Crippen LogP contribution is 2.51. The van der Waals surface area contributed by atoms with Crippen molar-refractivity contribution in [2.45, 2.75) is 48.8 Å². The van der Waals surface area contributed by atoms with E-state index >= 15 is 0 Å². The zero-order valence-electron chi connectivity index (χ0n) is 20.4. The Morgan fingerprint density at radius 1 is 1.03 bits per heavy atom. The minimum absolute atomic E-state index is 0.0324. The molecule has 13 heteroatoms. The number of phenolic OH excluding ortho intramolecular Hbond substituents is 3. The summed E-state index contributed by atoms with van der Waals surface area (Å²) in [5.74, 6) is -5.73. The molecule has 208 valence electrons. The number of ether oxygens (including phenoxy) is 3. The molecule has 1 saturated carbocycles. The Hall–Kier alpha value is -4.33. The van der Waals surface area contributed by atoms with Crippen molar-refractivity contribution in [1.29, 1.82) is 0 Å². The number of hydrogen-bond acceptors (Lipinski definition) is 12. The van der Waals surface area contributed by atoms with Gasteiger partial charge in [0.25, 0.3) is 0 Å². The number of carboxylic acids is 1. The SMILES string of the molecule is COC(=O)[C@@H]1c2cc(/C=C/C(=O)O[C@@H]3C[C@](O)(C(=O)O)C[C@@H](O)[C@H]3O)cc(O)c2O[C@H]1c1ccc(O)c(O)c1. The van der Waals surface area contributed by atoms with E-state index in [-0.39, 0.29) is 28.4 Å². The van der Waals surface area contributed by atoms with Crippen molar-refractivity contribution >= 4 is 24.0 Å². The van der Waals surface area contributed by atoms with Crippen molar-refractivity contribution in [2.75, 3.05) is 7.11 Å². The van der Waals surface area contributed by atoms with Crippen LogP contribution in [0.5, 0.6) is 23.0 Å². The fourth-order valence-corrected chi connectivity index (χ4v) is 4.72. The smallest absolute Gasteiger partial charge is 0.335 e. The number of aromatic hydroxyl groups is 3. The standard InChI is InChI=1S/C26H26O13/c1-37-24(33)20-13-6-11(7-16(29)23(13)39-22(20)12-3-4-14(27)15(28)8-12)2-5-19(31)38-18-10-26(36,25(34)35)9-17(30)21(18)32/h2-8,17-18,20-22,27-30,32,36H,9-10H2,1H3,(H,34,35)/b5-2+/t17-,18-,20-,21-,22+,26+/m1/s1. The van der Waals surface area contributed by atoms with Gasteiger partial charge in [0.2, 0.25) is 0 Å². The molecule has 1 heterocycles. The van der Waals surface area contributed by atoms with Crippen LogP contribution in [0.15, 0.2) is 36.4 Å². The highest BCUT2D eigenvalue weighted by molar-refractivity contribution is 5.88. The van der Waals surface area contributed by atoms with Crippen LogP contribution in [-0.2, 0) is 23.9 Å². The van der Waals surface area contributed by atoms with Crippen molar-refractivity contribution in [3.63, 3.8) is 0 Å². The molecule has 0 unspecified atom stereocenters. The highest BCUT2D eigenvalue weighted by Gasteiger charge is 2.50. The fourth-order valence-electron chi connectivity index (χ4n) is 4.72. The third-order valence-corrected chi connectivity index (χ3v) is 6.72. The number of fused-ring (bicyclic) bond motifs is 1. The summed E-state index contributed by atoms with van der Waals surface area (Å²) in [5, 5.41) is 69.5. The average Bonchev–Trinajstić information content (AvgIpc) is 3.27. The topological polar surface area (TPSA) is 221 Å². The lowest BCUT2D eigenvalue weighted by atomic mass is 9.79. The first-order chi connectivity index (χ1) is 18.3. The molecular formula is C26H26O13. The number of aliphatic carboxylic acids is 1. The first-order valence-electron chi connectivity index (χ1n) is 11.7. The zero-order chi connectivity index (χ0) is 28.6. The van der Waals surface area contributed by atoms with Crippen LogP contribution in [0.25, 0.3) is 6.08 Å². The molecule has 1 fully saturated rings. The molecule has 2 aromatic rings. The van der Waals surface area contributed by atoms with Crippen LogP contribution in [0, 0.1) is 0 Å². The van der Waals surface area contributed by atoms with Gasteiger partial charge in [0, 0.05) is 24.5 Å². The Labute approximate surface area is 220 Å². The Morgan fingerprint density at radius 2 is 1.74 bits per heavy atom. The monoisotopic (exact) mass is 546 g/mol. The van der Waals surface area contributed by atoms with E-state index in [1.807, 2.05) is 0 Å². The number of methoxy groups -OCH3 is 1. The number of phenols is 3. The van der Waals surface area contributed by atoms with Crippen molar-refractivity contribution < 1.29 is 64.3 Å². The Morgan fingerprint density at radius 3 is 2.38 bits per heavy atom. The Bertz CT molecular complexity index is 1340. The van der Waals surface area contributed by atoms with Crippen LogP contribution in [0.1, 0.15) is 41.6 Å². The summed E-state index contributed by atoms with van der Waals surface area (Å²) >= 11 is 0. The number of aliphatic hydroxyl groups is 3. The van der Waals surface area contributed by atoms with E-state index in [9.17, 15) is 50.1 Å². The molecule has 7 N–H and O–H groups in total. The van der Waals surface area contributed by atoms with Crippen LogP contribution in [0.3, 0.4) is 0 Å². The first kappa shape index (κ1) is 27.7. The summed E-state index contributed by atoms with van der Waals surface area (Å²) in [7, 11) is 1.16. The number of carboxylic acid groups (broad SMARTS) is 1. The van der Waals surface area contributed by atoms with Gasteiger partial charge < -0.3 is 50.0 Å². The van der Waals surface area contributed by atoms with E-state index in [0.29, 0.717) is 5.56 Å². The van der Waals surface area contributed by atoms with E-state index < -0.39 is 72.4 Å². The van der Waals surface area contributed by atoms with E-state index in [0.717, 1.165) is 13.2 Å². The molecule has 0 bridgehead atoms. The van der Waals surface area contributed by atoms with E-state index in [4.69, 9.17) is 14.2 Å². The number of hydrogen-bond donors (Lipinski definition) is 7. The third-order valence-electron chi connectivity index (χ3n) is 6.72. The Kier molecular flexibility index (Phi) is 7.41. The van der Waals surface area contributed by atoms with Gasteiger partial charge in [0.15, 0.2) is 28.6 Å². The van der Waals surface area contributed by atoms with Crippen LogP contribution in [0.2, 0.25) is 0 Å². The van der Waals surface area contributed by atoms with Crippen molar-refractivity contribution in [2.24, 2.45) is 0 Å². The van der Waals surface area contributed by atoms with Crippen molar-refractivity contribution in [3.8, 4) is 23.0 Å². The van der Waals surface area contributed by atoms with E-state index in [2.05, 4.69) is 0 Å². The largest absolute Gasteiger partial charge is 0.504 e. The number of carbonyl (C=O) groups excluding carboxylic acids is 2. The minimum Gasteiger partial charge on any atom is -0.504 e. The number of carbonyl (C=O) groups is 3. The van der Waals surface area contributed by atoms with Crippen LogP contribution < -0.4 is 4.74 Å². The van der Waals surface area contributed by atoms with Gasteiger partial charge in [0.1, 0.15) is 24.2 Å². The van der Waals surface area contributed by atoms with Gasteiger partial charge in [-0.05, 0) is 41.5 Å². The molecule has 0 amide bonds.